The van der Waals surface area contributed by atoms with Crippen molar-refractivity contribution >= 4 is 33.2 Å². The first-order valence-electron chi connectivity index (χ1n) is 12.7. The highest BCUT2D eigenvalue weighted by atomic mass is 32.2. The first-order chi connectivity index (χ1) is 17.4. The van der Waals surface area contributed by atoms with Crippen molar-refractivity contribution in [3.8, 4) is 0 Å². The Morgan fingerprint density at radius 2 is 1.89 bits per heavy atom. The third kappa shape index (κ3) is 4.37. The number of nitrogens with zero attached hydrogens (tertiary/aromatic N) is 2. The summed E-state index contributed by atoms with van der Waals surface area (Å²) in [7, 11) is -0.461. The molecule has 0 radical (unpaired) electrons. The normalized spacial score (nSPS) is 19.8. The topological polar surface area (TPSA) is 55.3 Å². The van der Waals surface area contributed by atoms with Crippen LogP contribution in [0.1, 0.15) is 48.9 Å². The number of benzene rings is 2. The van der Waals surface area contributed by atoms with Crippen LogP contribution in [0, 0.1) is 0 Å². The van der Waals surface area contributed by atoms with Crippen LogP contribution in [-0.2, 0) is 18.6 Å². The molecule has 2 aliphatic carbocycles. The summed E-state index contributed by atoms with van der Waals surface area (Å²) in [6.45, 7) is 5.55. The highest BCUT2D eigenvalue weighted by molar-refractivity contribution is 8.13. The van der Waals surface area contributed by atoms with Crippen molar-refractivity contribution in [3.05, 3.63) is 89.8 Å². The Kier molecular flexibility index (Phi) is 5.77. The van der Waals surface area contributed by atoms with Gasteiger partial charge in [0.1, 0.15) is 5.67 Å². The van der Waals surface area contributed by atoms with Gasteiger partial charge in [-0.3, -0.25) is 8.96 Å². The summed E-state index contributed by atoms with van der Waals surface area (Å²) in [6.07, 6.45) is 8.92. The van der Waals surface area contributed by atoms with Gasteiger partial charge >= 0.3 is 0 Å². The average molecular weight is 501 g/mol. The molecule has 2 saturated carbocycles. The molecule has 1 aliphatic heterocycles. The standard InChI is InChI=1S/C30H33FN4S/c1-21(30(32)14-15-30)34-20-25-17-23-18-27(29(31)12-13-29)22(10-11-24-7-6-16-33-24)19-28(23)35(25)36(2)26-8-4-3-5-9-26/h3-9,17-19,34H,1-2,10-16,20,32H2. The molecule has 2 heterocycles. The summed E-state index contributed by atoms with van der Waals surface area (Å²) in [4.78, 5) is 5.71. The van der Waals surface area contributed by atoms with Gasteiger partial charge in [0.15, 0.2) is 0 Å². The van der Waals surface area contributed by atoms with E-state index in [-0.39, 0.29) is 5.54 Å². The number of hydrogen-bond donors (Lipinski definition) is 2. The third-order valence-corrected chi connectivity index (χ3v) is 9.38. The summed E-state index contributed by atoms with van der Waals surface area (Å²) in [5, 5.41) is 4.54. The van der Waals surface area contributed by atoms with Crippen LogP contribution in [0.2, 0.25) is 0 Å². The lowest BCUT2D eigenvalue weighted by atomic mass is 9.95. The maximum absolute atomic E-state index is 15.5. The van der Waals surface area contributed by atoms with E-state index < -0.39 is 16.3 Å². The van der Waals surface area contributed by atoms with Crippen LogP contribution in [-0.4, -0.2) is 27.6 Å². The summed E-state index contributed by atoms with van der Waals surface area (Å²) in [5.74, 6) is 4.59. The molecular formula is C30H33FN4S. The summed E-state index contributed by atoms with van der Waals surface area (Å²) < 4.78 is 17.9. The highest BCUT2D eigenvalue weighted by Gasteiger charge is 2.46. The molecule has 4 nitrogen and oxygen atoms in total. The van der Waals surface area contributed by atoms with E-state index in [4.69, 9.17) is 5.73 Å². The zero-order valence-electron chi connectivity index (χ0n) is 20.6. The van der Waals surface area contributed by atoms with Crippen molar-refractivity contribution in [2.24, 2.45) is 10.7 Å². The van der Waals surface area contributed by atoms with Crippen LogP contribution in [0.15, 0.2) is 82.8 Å². The lowest BCUT2D eigenvalue weighted by molar-refractivity contribution is 0.316. The number of halogens is 1. The number of rotatable bonds is 10. The van der Waals surface area contributed by atoms with E-state index in [2.05, 4.69) is 81.3 Å². The molecule has 3 aromatic rings. The second kappa shape index (κ2) is 8.86. The quantitative estimate of drug-likeness (QED) is 0.328. The van der Waals surface area contributed by atoms with Gasteiger partial charge in [-0.2, -0.15) is 0 Å². The third-order valence-electron chi connectivity index (χ3n) is 7.69. The van der Waals surface area contributed by atoms with Crippen molar-refractivity contribution < 1.29 is 4.39 Å². The molecule has 0 spiro atoms. The number of nitrogens with one attached hydrogen (secondary N) is 1. The lowest BCUT2D eigenvalue weighted by Gasteiger charge is -2.19. The molecule has 3 N–H and O–H groups in total. The number of alkyl halides is 1. The largest absolute Gasteiger partial charge is 0.382 e. The minimum atomic E-state index is -1.20. The number of fused-ring (bicyclic) bond motifs is 1. The SMILES string of the molecule is C=C(NCc1cc2cc(C3(F)CC3)c(CCC3=NCC=C3)cc2n1S(=C)c1ccccc1)C1(N)CC1. The Morgan fingerprint density at radius 3 is 2.56 bits per heavy atom. The summed E-state index contributed by atoms with van der Waals surface area (Å²) in [5.41, 5.74) is 11.0. The Balaban J connectivity index is 1.43. The van der Waals surface area contributed by atoms with Crippen LogP contribution in [0.25, 0.3) is 10.9 Å². The average Bonchev–Trinajstić information content (AvgIpc) is 3.71. The molecule has 6 heteroatoms. The van der Waals surface area contributed by atoms with E-state index in [1.54, 1.807) is 0 Å². The number of aryl methyl sites for hydroxylation is 1. The molecule has 1 aromatic heterocycles. The van der Waals surface area contributed by atoms with Crippen molar-refractivity contribution in [1.29, 1.82) is 0 Å². The van der Waals surface area contributed by atoms with Crippen molar-refractivity contribution in [1.82, 2.24) is 9.29 Å². The van der Waals surface area contributed by atoms with Gasteiger partial charge in [-0.1, -0.05) is 47.4 Å². The minimum Gasteiger partial charge on any atom is -0.382 e. The van der Waals surface area contributed by atoms with Gasteiger partial charge < -0.3 is 11.1 Å². The van der Waals surface area contributed by atoms with Gasteiger partial charge in [0.05, 0.1) is 24.1 Å². The summed E-state index contributed by atoms with van der Waals surface area (Å²) >= 11 is 0. The predicted octanol–water partition coefficient (Wildman–Crippen LogP) is 6.16. The molecule has 3 aliphatic rings. The lowest BCUT2D eigenvalue weighted by Crippen LogP contribution is -2.32. The Bertz CT molecular complexity index is 1420. The first-order valence-corrected chi connectivity index (χ1v) is 14.1. The summed E-state index contributed by atoms with van der Waals surface area (Å²) in [6, 6.07) is 16.9. The van der Waals surface area contributed by atoms with Gasteiger partial charge in [-0.15, -0.1) is 0 Å². The number of allylic oxidation sites excluding steroid dienone is 1. The fraction of sp³-hybridized carbons (Fsp3) is 0.333. The fourth-order valence-electron chi connectivity index (χ4n) is 5.05. The van der Waals surface area contributed by atoms with Crippen LogP contribution in [0.4, 0.5) is 4.39 Å². The Labute approximate surface area is 214 Å². The fourth-order valence-corrected chi connectivity index (χ4v) is 6.53. The minimum absolute atomic E-state index is 0.285. The molecule has 186 valence electrons. The molecule has 6 rings (SSSR count). The van der Waals surface area contributed by atoms with Crippen molar-refractivity contribution in [2.75, 3.05) is 6.54 Å². The molecule has 1 unspecified atom stereocenters. The smallest absolute Gasteiger partial charge is 0.136 e. The molecule has 36 heavy (non-hydrogen) atoms. The molecule has 0 saturated heterocycles. The molecular weight excluding hydrogens is 467 g/mol. The van der Waals surface area contributed by atoms with E-state index >= 15 is 4.39 Å². The molecule has 0 amide bonds. The van der Waals surface area contributed by atoms with Gasteiger partial charge in [0, 0.05) is 27.4 Å². The van der Waals surface area contributed by atoms with E-state index in [0.29, 0.717) is 19.4 Å². The number of aromatic nitrogens is 1. The molecule has 1 atom stereocenters. The van der Waals surface area contributed by atoms with Crippen LogP contribution in [0.5, 0.6) is 0 Å². The highest BCUT2D eigenvalue weighted by Crippen LogP contribution is 2.52. The zero-order valence-corrected chi connectivity index (χ0v) is 21.4. The van der Waals surface area contributed by atoms with Crippen LogP contribution >= 0.6 is 10.7 Å². The van der Waals surface area contributed by atoms with Gasteiger partial charge in [0.2, 0.25) is 0 Å². The van der Waals surface area contributed by atoms with Gasteiger partial charge in [-0.05, 0) is 86.1 Å². The maximum Gasteiger partial charge on any atom is 0.136 e. The Morgan fingerprint density at radius 1 is 1.11 bits per heavy atom. The second-order valence-corrected chi connectivity index (χ2v) is 11.9. The van der Waals surface area contributed by atoms with E-state index in [9.17, 15) is 0 Å². The predicted molar refractivity (Wildman–Crippen MR) is 151 cm³/mol. The second-order valence-electron chi connectivity index (χ2n) is 10.4. The van der Waals surface area contributed by atoms with Crippen molar-refractivity contribution in [3.63, 3.8) is 0 Å². The first kappa shape index (κ1) is 23.4. The van der Waals surface area contributed by atoms with E-state index in [1.165, 1.54) is 0 Å². The number of nitrogens with two attached hydrogens (primary N) is 1. The van der Waals surface area contributed by atoms with Crippen LogP contribution < -0.4 is 11.1 Å². The Hall–Kier alpha value is -2.96. The van der Waals surface area contributed by atoms with E-state index in [1.807, 2.05) is 6.07 Å². The molecule has 2 fully saturated rings. The van der Waals surface area contributed by atoms with E-state index in [0.717, 1.165) is 76.3 Å². The van der Waals surface area contributed by atoms with Gasteiger partial charge in [0.25, 0.3) is 0 Å². The molecule has 0 bridgehead atoms. The molecule has 2 aromatic carbocycles. The number of hydrogen-bond acceptors (Lipinski definition) is 3. The zero-order chi connectivity index (χ0) is 24.9. The monoisotopic (exact) mass is 500 g/mol. The number of aliphatic imine (C=N–C) groups is 1. The maximum atomic E-state index is 15.5. The van der Waals surface area contributed by atoms with Crippen molar-refractivity contribution in [2.45, 2.75) is 61.2 Å². The van der Waals surface area contributed by atoms with Gasteiger partial charge in [-0.25, -0.2) is 4.39 Å². The van der Waals surface area contributed by atoms with Crippen LogP contribution in [0.3, 0.4) is 0 Å².